The van der Waals surface area contributed by atoms with Crippen LogP contribution in [0.1, 0.15) is 27.7 Å². The van der Waals surface area contributed by atoms with Gasteiger partial charge in [-0.2, -0.15) is 0 Å². The van der Waals surface area contributed by atoms with Crippen molar-refractivity contribution in [3.05, 3.63) is 0 Å². The third-order valence-electron chi connectivity index (χ3n) is 3.58. The highest BCUT2D eigenvalue weighted by molar-refractivity contribution is 5.81. The van der Waals surface area contributed by atoms with Gasteiger partial charge in [0.25, 0.3) is 0 Å². The zero-order chi connectivity index (χ0) is 12.8. The highest BCUT2D eigenvalue weighted by Crippen LogP contribution is 2.08. The van der Waals surface area contributed by atoms with Crippen molar-refractivity contribution in [1.29, 1.82) is 0 Å². The molecular formula is C13H26N2O2. The van der Waals surface area contributed by atoms with Crippen LogP contribution in [0.15, 0.2) is 0 Å². The van der Waals surface area contributed by atoms with E-state index in [0.717, 1.165) is 19.6 Å². The molecule has 1 aliphatic heterocycles. The second-order valence-corrected chi connectivity index (χ2v) is 5.29. The summed E-state index contributed by atoms with van der Waals surface area (Å²) in [6.07, 6.45) is 0. The van der Waals surface area contributed by atoms with Gasteiger partial charge in [0.15, 0.2) is 0 Å². The molecule has 1 heterocycles. The minimum absolute atomic E-state index is 0.0886. The summed E-state index contributed by atoms with van der Waals surface area (Å²) in [6, 6.07) is -0.0886. The molecule has 17 heavy (non-hydrogen) atoms. The van der Waals surface area contributed by atoms with E-state index in [1.807, 2.05) is 11.8 Å². The van der Waals surface area contributed by atoms with Gasteiger partial charge in [0.05, 0.1) is 19.3 Å². The number of carbonyl (C=O) groups excluding carboxylic acids is 1. The molecule has 1 saturated heterocycles. The number of ether oxygens (including phenoxy) is 1. The van der Waals surface area contributed by atoms with Crippen LogP contribution in [-0.2, 0) is 9.53 Å². The predicted molar refractivity (Wildman–Crippen MR) is 68.9 cm³/mol. The van der Waals surface area contributed by atoms with E-state index in [0.29, 0.717) is 25.0 Å². The fourth-order valence-corrected chi connectivity index (χ4v) is 1.74. The molecule has 0 radical (unpaired) electrons. The Morgan fingerprint density at radius 2 is 1.82 bits per heavy atom. The molecule has 4 nitrogen and oxygen atoms in total. The zero-order valence-corrected chi connectivity index (χ0v) is 11.5. The van der Waals surface area contributed by atoms with Crippen LogP contribution in [0, 0.1) is 11.8 Å². The molecule has 2 atom stereocenters. The average Bonchev–Trinajstić information content (AvgIpc) is 2.35. The minimum Gasteiger partial charge on any atom is -0.378 e. The van der Waals surface area contributed by atoms with E-state index in [2.05, 4.69) is 26.1 Å². The maximum absolute atomic E-state index is 12.1. The number of morpholine rings is 1. The van der Waals surface area contributed by atoms with Crippen molar-refractivity contribution in [3.63, 3.8) is 0 Å². The number of hydrogen-bond donors (Lipinski definition) is 1. The summed E-state index contributed by atoms with van der Waals surface area (Å²) >= 11 is 0. The highest BCUT2D eigenvalue weighted by Gasteiger charge is 2.22. The van der Waals surface area contributed by atoms with Crippen LogP contribution in [0.5, 0.6) is 0 Å². The van der Waals surface area contributed by atoms with E-state index in [1.165, 1.54) is 0 Å². The summed E-state index contributed by atoms with van der Waals surface area (Å²) in [7, 11) is 0. The molecule has 0 aromatic rings. The van der Waals surface area contributed by atoms with Crippen molar-refractivity contribution >= 4 is 5.91 Å². The summed E-state index contributed by atoms with van der Waals surface area (Å²) in [5.41, 5.74) is 0. The topological polar surface area (TPSA) is 41.6 Å². The molecule has 1 aliphatic rings. The number of hydrogen-bond acceptors (Lipinski definition) is 3. The predicted octanol–water partition coefficient (Wildman–Crippen LogP) is 1.12. The molecule has 0 aliphatic carbocycles. The molecule has 4 heteroatoms. The molecule has 100 valence electrons. The Labute approximate surface area is 105 Å². The average molecular weight is 242 g/mol. The van der Waals surface area contributed by atoms with Crippen molar-refractivity contribution in [3.8, 4) is 0 Å². The third kappa shape index (κ3) is 4.64. The lowest BCUT2D eigenvalue weighted by molar-refractivity contribution is -0.137. The zero-order valence-electron chi connectivity index (χ0n) is 11.5. The second kappa shape index (κ2) is 6.97. The Kier molecular flexibility index (Phi) is 5.92. The Morgan fingerprint density at radius 3 is 2.35 bits per heavy atom. The first-order chi connectivity index (χ1) is 8.02. The van der Waals surface area contributed by atoms with Gasteiger partial charge in [-0.25, -0.2) is 0 Å². The Balaban J connectivity index is 2.30. The molecule has 0 aromatic heterocycles. The Hall–Kier alpha value is -0.610. The summed E-state index contributed by atoms with van der Waals surface area (Å²) in [5, 5.41) is 3.33. The van der Waals surface area contributed by atoms with E-state index < -0.39 is 0 Å². The molecule has 0 spiro atoms. The van der Waals surface area contributed by atoms with E-state index in [4.69, 9.17) is 4.74 Å². The van der Waals surface area contributed by atoms with Crippen LogP contribution < -0.4 is 5.32 Å². The van der Waals surface area contributed by atoms with Gasteiger partial charge < -0.3 is 15.0 Å². The van der Waals surface area contributed by atoms with E-state index in [-0.39, 0.29) is 11.9 Å². The fraction of sp³-hybridized carbons (Fsp3) is 0.923. The van der Waals surface area contributed by atoms with Crippen LogP contribution in [0.25, 0.3) is 0 Å². The highest BCUT2D eigenvalue weighted by atomic mass is 16.5. The van der Waals surface area contributed by atoms with Crippen molar-refractivity contribution in [1.82, 2.24) is 10.2 Å². The number of carbonyl (C=O) groups is 1. The monoisotopic (exact) mass is 242 g/mol. The van der Waals surface area contributed by atoms with Crippen molar-refractivity contribution in [2.45, 2.75) is 33.7 Å². The first-order valence-electron chi connectivity index (χ1n) is 6.62. The Bertz CT molecular complexity index is 238. The Morgan fingerprint density at radius 1 is 1.24 bits per heavy atom. The van der Waals surface area contributed by atoms with E-state index >= 15 is 0 Å². The van der Waals surface area contributed by atoms with Gasteiger partial charge in [-0.3, -0.25) is 4.79 Å². The van der Waals surface area contributed by atoms with Crippen LogP contribution in [0.3, 0.4) is 0 Å². The summed E-state index contributed by atoms with van der Waals surface area (Å²) in [6.45, 7) is 12.3. The standard InChI is InChI=1S/C13H26N2O2/c1-10(2)11(3)9-14-12(4)13(16)15-5-7-17-8-6-15/h10-12,14H,5-9H2,1-4H3. The van der Waals surface area contributed by atoms with Crippen LogP contribution >= 0.6 is 0 Å². The lowest BCUT2D eigenvalue weighted by atomic mass is 9.98. The molecule has 1 rings (SSSR count). The smallest absolute Gasteiger partial charge is 0.239 e. The van der Waals surface area contributed by atoms with Crippen molar-refractivity contribution < 1.29 is 9.53 Å². The first-order valence-corrected chi connectivity index (χ1v) is 6.62. The summed E-state index contributed by atoms with van der Waals surface area (Å²) < 4.78 is 5.24. The maximum atomic E-state index is 12.1. The normalized spacial score (nSPS) is 20.4. The molecule has 1 N–H and O–H groups in total. The molecule has 2 unspecified atom stereocenters. The second-order valence-electron chi connectivity index (χ2n) is 5.29. The van der Waals surface area contributed by atoms with Crippen LogP contribution in [-0.4, -0.2) is 49.7 Å². The molecular weight excluding hydrogens is 216 g/mol. The molecule has 0 saturated carbocycles. The van der Waals surface area contributed by atoms with E-state index in [1.54, 1.807) is 0 Å². The number of nitrogens with zero attached hydrogens (tertiary/aromatic N) is 1. The first kappa shape index (κ1) is 14.5. The molecule has 1 amide bonds. The van der Waals surface area contributed by atoms with Crippen molar-refractivity contribution in [2.24, 2.45) is 11.8 Å². The van der Waals surface area contributed by atoms with Gasteiger partial charge in [0, 0.05) is 13.1 Å². The summed E-state index contributed by atoms with van der Waals surface area (Å²) in [5.74, 6) is 1.44. The number of amides is 1. The van der Waals surface area contributed by atoms with Gasteiger partial charge in [-0.15, -0.1) is 0 Å². The molecule has 1 fully saturated rings. The lowest BCUT2D eigenvalue weighted by Crippen LogP contribution is -2.50. The van der Waals surface area contributed by atoms with Gasteiger partial charge in [-0.05, 0) is 25.3 Å². The van der Waals surface area contributed by atoms with Crippen LogP contribution in [0.4, 0.5) is 0 Å². The largest absolute Gasteiger partial charge is 0.378 e. The lowest BCUT2D eigenvalue weighted by Gasteiger charge is -2.30. The maximum Gasteiger partial charge on any atom is 0.239 e. The quantitative estimate of drug-likeness (QED) is 0.785. The van der Waals surface area contributed by atoms with Gasteiger partial charge in [0.1, 0.15) is 0 Å². The SMILES string of the molecule is CC(NCC(C)C(C)C)C(=O)N1CCOCC1. The minimum atomic E-state index is -0.0886. The van der Waals surface area contributed by atoms with E-state index in [9.17, 15) is 4.79 Å². The molecule has 0 aromatic carbocycles. The fourth-order valence-electron chi connectivity index (χ4n) is 1.74. The third-order valence-corrected chi connectivity index (χ3v) is 3.58. The van der Waals surface area contributed by atoms with Crippen molar-refractivity contribution in [2.75, 3.05) is 32.8 Å². The molecule has 0 bridgehead atoms. The number of nitrogens with one attached hydrogen (secondary N) is 1. The van der Waals surface area contributed by atoms with Crippen LogP contribution in [0.2, 0.25) is 0 Å². The van der Waals surface area contributed by atoms with Gasteiger partial charge >= 0.3 is 0 Å². The summed E-state index contributed by atoms with van der Waals surface area (Å²) in [4.78, 5) is 14.0. The van der Waals surface area contributed by atoms with Gasteiger partial charge in [-0.1, -0.05) is 20.8 Å². The number of rotatable bonds is 5. The van der Waals surface area contributed by atoms with Gasteiger partial charge in [0.2, 0.25) is 5.91 Å².